The minimum absolute atomic E-state index is 0.0517. The summed E-state index contributed by atoms with van der Waals surface area (Å²) in [4.78, 5) is 10.00. The largest absolute Gasteiger partial charge is 0.470 e. The Morgan fingerprint density at radius 3 is 1.14 bits per heavy atom. The third-order valence-electron chi connectivity index (χ3n) is 6.66. The summed E-state index contributed by atoms with van der Waals surface area (Å²) in [7, 11) is 0. The van der Waals surface area contributed by atoms with Gasteiger partial charge < -0.3 is 9.47 Å². The Hall–Kier alpha value is -3.83. The summed E-state index contributed by atoms with van der Waals surface area (Å²) in [6, 6.07) is 41.4. The zero-order valence-corrected chi connectivity index (χ0v) is 21.2. The van der Waals surface area contributed by atoms with Crippen LogP contribution in [-0.2, 0) is 9.47 Å². The number of hydrogen-bond acceptors (Lipinski definition) is 5. The van der Waals surface area contributed by atoms with Gasteiger partial charge in [-0.2, -0.15) is 0 Å². The molecule has 0 radical (unpaired) electrons. The highest BCUT2D eigenvalue weighted by molar-refractivity contribution is 8.00. The van der Waals surface area contributed by atoms with Gasteiger partial charge in [0.1, 0.15) is 12.1 Å². The molecular weight excluding hydrogens is 476 g/mol. The highest BCUT2D eigenvalue weighted by Crippen LogP contribution is 2.42. The number of nitrogens with zero attached hydrogens (tertiary/aromatic N) is 2. The van der Waals surface area contributed by atoms with Crippen molar-refractivity contribution < 1.29 is 9.47 Å². The molecule has 0 N–H and O–H groups in total. The molecule has 2 aliphatic rings. The molecule has 4 aromatic rings. The molecule has 0 saturated carbocycles. The molecule has 0 fully saturated rings. The van der Waals surface area contributed by atoms with E-state index in [4.69, 9.17) is 19.5 Å². The number of benzene rings is 4. The van der Waals surface area contributed by atoms with E-state index in [-0.39, 0.29) is 24.3 Å². The average molecular weight is 505 g/mol. The number of aliphatic imine (C=N–C) groups is 2. The first kappa shape index (κ1) is 23.6. The molecule has 5 heteroatoms. The van der Waals surface area contributed by atoms with Crippen LogP contribution < -0.4 is 0 Å². The molecule has 4 unspecified atom stereocenters. The normalized spacial score (nSPS) is 22.6. The fourth-order valence-corrected chi connectivity index (χ4v) is 5.62. The summed E-state index contributed by atoms with van der Waals surface area (Å²) in [5.41, 5.74) is 4.60. The van der Waals surface area contributed by atoms with Crippen LogP contribution in [0.2, 0.25) is 0 Å². The lowest BCUT2D eigenvalue weighted by molar-refractivity contribution is 0.195. The molecule has 0 bridgehead atoms. The van der Waals surface area contributed by atoms with E-state index in [2.05, 4.69) is 97.1 Å². The predicted octanol–water partition coefficient (Wildman–Crippen LogP) is 7.54. The zero-order chi connectivity index (χ0) is 24.9. The van der Waals surface area contributed by atoms with E-state index in [0.29, 0.717) is 11.5 Å². The maximum atomic E-state index is 6.41. The molecule has 0 amide bonds. The lowest BCUT2D eigenvalue weighted by Crippen LogP contribution is -2.12. The van der Waals surface area contributed by atoms with E-state index in [0.717, 1.165) is 34.0 Å². The summed E-state index contributed by atoms with van der Waals surface area (Å²) in [6.45, 7) is 0. The van der Waals surface area contributed by atoms with E-state index in [1.54, 1.807) is 11.8 Å². The first-order valence-corrected chi connectivity index (χ1v) is 13.7. The molecule has 0 aromatic heterocycles. The fraction of sp³-hybridized carbons (Fsp3) is 0.188. The Labute approximate surface area is 222 Å². The smallest absolute Gasteiger partial charge is 0.195 e. The van der Waals surface area contributed by atoms with Gasteiger partial charge >= 0.3 is 0 Å². The van der Waals surface area contributed by atoms with Crippen LogP contribution in [0, 0.1) is 0 Å². The number of rotatable bonds is 8. The zero-order valence-electron chi connectivity index (χ0n) is 20.4. The SMILES string of the molecule is c1ccc(C2N=C(CSCC3=NC(c4ccccc4)C(c4ccccc4)O3)OC2c2ccccc2)cc1. The Balaban J connectivity index is 1.15. The van der Waals surface area contributed by atoms with E-state index in [1.807, 2.05) is 24.3 Å². The molecular formula is C32H28N2O2S. The van der Waals surface area contributed by atoms with Crippen LogP contribution in [0.15, 0.2) is 131 Å². The van der Waals surface area contributed by atoms with E-state index >= 15 is 0 Å². The predicted molar refractivity (Wildman–Crippen MR) is 151 cm³/mol. The summed E-state index contributed by atoms with van der Waals surface area (Å²) in [6.07, 6.45) is -0.242. The molecule has 6 rings (SSSR count). The van der Waals surface area contributed by atoms with Crippen LogP contribution in [0.1, 0.15) is 46.5 Å². The Morgan fingerprint density at radius 2 is 0.784 bits per heavy atom. The highest BCUT2D eigenvalue weighted by Gasteiger charge is 2.35. The third kappa shape index (κ3) is 5.32. The minimum Gasteiger partial charge on any atom is -0.470 e. The second-order valence-corrected chi connectivity index (χ2v) is 10.1. The van der Waals surface area contributed by atoms with Gasteiger partial charge in [-0.1, -0.05) is 121 Å². The van der Waals surface area contributed by atoms with Crippen molar-refractivity contribution in [3.8, 4) is 0 Å². The topological polar surface area (TPSA) is 43.2 Å². The van der Waals surface area contributed by atoms with Gasteiger partial charge in [-0.15, -0.1) is 11.8 Å². The number of thioether (sulfide) groups is 1. The molecule has 2 aliphatic heterocycles. The molecule has 4 aromatic carbocycles. The van der Waals surface area contributed by atoms with E-state index in [9.17, 15) is 0 Å². The van der Waals surface area contributed by atoms with Gasteiger partial charge in [0.2, 0.25) is 0 Å². The van der Waals surface area contributed by atoms with Crippen LogP contribution >= 0.6 is 11.8 Å². The lowest BCUT2D eigenvalue weighted by atomic mass is 9.97. The van der Waals surface area contributed by atoms with Crippen molar-refractivity contribution in [2.75, 3.05) is 11.5 Å². The fourth-order valence-electron chi connectivity index (χ4n) is 4.88. The summed E-state index contributed by atoms with van der Waals surface area (Å²) in [5, 5.41) is 0. The molecule has 0 saturated heterocycles. The Bertz CT molecular complexity index is 1250. The molecule has 2 heterocycles. The van der Waals surface area contributed by atoms with Crippen molar-refractivity contribution in [3.63, 3.8) is 0 Å². The van der Waals surface area contributed by atoms with E-state index < -0.39 is 0 Å². The van der Waals surface area contributed by atoms with Gasteiger partial charge in [-0.3, -0.25) is 0 Å². The Morgan fingerprint density at radius 1 is 0.459 bits per heavy atom. The quantitative estimate of drug-likeness (QED) is 0.249. The summed E-state index contributed by atoms with van der Waals surface area (Å²) < 4.78 is 12.8. The minimum atomic E-state index is -0.121. The molecule has 4 nitrogen and oxygen atoms in total. The van der Waals surface area contributed by atoms with Crippen molar-refractivity contribution in [3.05, 3.63) is 144 Å². The van der Waals surface area contributed by atoms with Crippen molar-refractivity contribution in [1.29, 1.82) is 0 Å². The monoisotopic (exact) mass is 504 g/mol. The van der Waals surface area contributed by atoms with Crippen molar-refractivity contribution in [2.24, 2.45) is 9.98 Å². The van der Waals surface area contributed by atoms with Crippen molar-refractivity contribution in [1.82, 2.24) is 0 Å². The highest BCUT2D eigenvalue weighted by atomic mass is 32.2. The number of ether oxygens (including phenoxy) is 2. The van der Waals surface area contributed by atoms with Gasteiger partial charge in [-0.25, -0.2) is 9.98 Å². The molecule has 0 aliphatic carbocycles. The lowest BCUT2D eigenvalue weighted by Gasteiger charge is -2.18. The van der Waals surface area contributed by atoms with E-state index in [1.165, 1.54) is 0 Å². The molecule has 37 heavy (non-hydrogen) atoms. The molecule has 0 spiro atoms. The second kappa shape index (κ2) is 11.1. The van der Waals surface area contributed by atoms with Crippen molar-refractivity contribution >= 4 is 23.6 Å². The number of hydrogen-bond donors (Lipinski definition) is 0. The van der Waals surface area contributed by atoms with Gasteiger partial charge in [0.25, 0.3) is 0 Å². The van der Waals surface area contributed by atoms with Crippen molar-refractivity contribution in [2.45, 2.75) is 24.3 Å². The maximum absolute atomic E-state index is 6.41. The first-order valence-electron chi connectivity index (χ1n) is 12.6. The average Bonchev–Trinajstić information content (AvgIpc) is 3.60. The van der Waals surface area contributed by atoms with Crippen LogP contribution in [0.4, 0.5) is 0 Å². The molecule has 184 valence electrons. The van der Waals surface area contributed by atoms with Gasteiger partial charge in [0.15, 0.2) is 24.0 Å². The maximum Gasteiger partial charge on any atom is 0.195 e. The van der Waals surface area contributed by atoms with Gasteiger partial charge in [0.05, 0.1) is 11.5 Å². The van der Waals surface area contributed by atoms with Crippen LogP contribution in [0.5, 0.6) is 0 Å². The standard InChI is InChI=1S/C32H28N2O2S/c1-5-13-23(14-6-1)29-31(25-17-9-3-10-18-25)35-27(33-29)21-37-22-28-34-30(24-15-7-2-8-16-24)32(36-28)26-19-11-4-12-20-26/h1-20,29-32H,21-22H2. The third-order valence-corrected chi connectivity index (χ3v) is 7.56. The Kier molecular flexibility index (Phi) is 7.04. The van der Waals surface area contributed by atoms with Gasteiger partial charge in [-0.05, 0) is 22.3 Å². The van der Waals surface area contributed by atoms with Crippen LogP contribution in [0.25, 0.3) is 0 Å². The first-order chi connectivity index (χ1) is 18.3. The summed E-state index contributed by atoms with van der Waals surface area (Å²) >= 11 is 1.73. The molecule has 4 atom stereocenters. The van der Waals surface area contributed by atoms with Gasteiger partial charge in [0, 0.05) is 0 Å². The summed E-state index contributed by atoms with van der Waals surface area (Å²) in [5.74, 6) is 2.87. The second-order valence-electron chi connectivity index (χ2n) is 9.15. The van der Waals surface area contributed by atoms with Crippen LogP contribution in [-0.4, -0.2) is 23.3 Å². The van der Waals surface area contributed by atoms with Crippen LogP contribution in [0.3, 0.4) is 0 Å².